The van der Waals surface area contributed by atoms with Crippen LogP contribution in [0.2, 0.25) is 0 Å². The minimum absolute atomic E-state index is 0.304. The molecule has 1 unspecified atom stereocenters. The lowest BCUT2D eigenvalue weighted by Gasteiger charge is -2.24. The van der Waals surface area contributed by atoms with Gasteiger partial charge in [-0.2, -0.15) is 5.10 Å². The van der Waals surface area contributed by atoms with Crippen molar-refractivity contribution in [1.82, 2.24) is 14.7 Å². The van der Waals surface area contributed by atoms with Gasteiger partial charge in [0.1, 0.15) is 5.82 Å². The Hall–Kier alpha value is -1.07. The lowest BCUT2D eigenvalue weighted by molar-refractivity contribution is 0.210. The Balaban J connectivity index is 2.07. The second kappa shape index (κ2) is 6.39. The van der Waals surface area contributed by atoms with E-state index in [-0.39, 0.29) is 0 Å². The molecule has 1 aliphatic heterocycles. The molecule has 5 heteroatoms. The first-order chi connectivity index (χ1) is 9.17. The summed E-state index contributed by atoms with van der Waals surface area (Å²) in [6.07, 6.45) is 4.54. The summed E-state index contributed by atoms with van der Waals surface area (Å²) in [4.78, 5) is 2.54. The van der Waals surface area contributed by atoms with E-state index in [9.17, 15) is 0 Å². The van der Waals surface area contributed by atoms with Gasteiger partial charge < -0.3 is 10.4 Å². The van der Waals surface area contributed by atoms with Gasteiger partial charge in [-0.15, -0.1) is 0 Å². The van der Waals surface area contributed by atoms with Crippen LogP contribution in [0, 0.1) is 6.92 Å². The van der Waals surface area contributed by atoms with Crippen molar-refractivity contribution in [3.8, 4) is 0 Å². The molecule has 1 atom stereocenters. The summed E-state index contributed by atoms with van der Waals surface area (Å²) in [5, 5.41) is 16.7. The van der Waals surface area contributed by atoms with Crippen molar-refractivity contribution < 1.29 is 5.11 Å². The van der Waals surface area contributed by atoms with Gasteiger partial charge in [-0.1, -0.05) is 0 Å². The zero-order valence-electron chi connectivity index (χ0n) is 12.3. The number of aryl methyl sites for hydroxylation is 2. The van der Waals surface area contributed by atoms with Crippen LogP contribution in [0.3, 0.4) is 0 Å². The van der Waals surface area contributed by atoms with Crippen LogP contribution in [0.15, 0.2) is 0 Å². The van der Waals surface area contributed by atoms with Gasteiger partial charge >= 0.3 is 0 Å². The topological polar surface area (TPSA) is 53.3 Å². The van der Waals surface area contributed by atoms with Crippen LogP contribution < -0.4 is 5.32 Å². The number of hydrogen-bond donors (Lipinski definition) is 2. The van der Waals surface area contributed by atoms with Gasteiger partial charge in [-0.25, -0.2) is 0 Å². The molecule has 1 saturated heterocycles. The third-order valence-electron chi connectivity index (χ3n) is 4.14. The highest BCUT2D eigenvalue weighted by molar-refractivity contribution is 5.47. The molecule has 1 aromatic heterocycles. The van der Waals surface area contributed by atoms with Crippen LogP contribution in [0.5, 0.6) is 0 Å². The fraction of sp³-hybridized carbons (Fsp3) is 0.786. The Morgan fingerprint density at radius 3 is 2.95 bits per heavy atom. The van der Waals surface area contributed by atoms with Crippen molar-refractivity contribution in [2.75, 3.05) is 25.5 Å². The smallest absolute Gasteiger partial charge is 0.128 e. The normalized spacial score (nSPS) is 20.1. The number of nitrogens with one attached hydrogen (secondary N) is 1. The summed E-state index contributed by atoms with van der Waals surface area (Å²) in [5.41, 5.74) is 2.42. The highest BCUT2D eigenvalue weighted by Gasteiger charge is 2.26. The van der Waals surface area contributed by atoms with Gasteiger partial charge in [-0.3, -0.25) is 9.58 Å². The molecule has 108 valence electrons. The largest absolute Gasteiger partial charge is 0.396 e. The molecular weight excluding hydrogens is 240 g/mol. The maximum atomic E-state index is 8.99. The van der Waals surface area contributed by atoms with Crippen molar-refractivity contribution in [2.24, 2.45) is 7.05 Å². The number of anilines is 1. The molecule has 0 amide bonds. The van der Waals surface area contributed by atoms with Crippen LogP contribution >= 0.6 is 0 Å². The maximum Gasteiger partial charge on any atom is 0.128 e. The van der Waals surface area contributed by atoms with E-state index < -0.39 is 0 Å². The van der Waals surface area contributed by atoms with Gasteiger partial charge in [-0.05, 0) is 39.2 Å². The average Bonchev–Trinajstić information content (AvgIpc) is 2.93. The summed E-state index contributed by atoms with van der Waals surface area (Å²) >= 11 is 0. The van der Waals surface area contributed by atoms with E-state index in [1.165, 1.54) is 18.4 Å². The van der Waals surface area contributed by atoms with E-state index >= 15 is 0 Å². The fourth-order valence-electron chi connectivity index (χ4n) is 3.16. The van der Waals surface area contributed by atoms with Gasteiger partial charge in [0.05, 0.1) is 5.69 Å². The third kappa shape index (κ3) is 3.09. The Morgan fingerprint density at radius 1 is 1.47 bits per heavy atom. The number of rotatable bonds is 6. The van der Waals surface area contributed by atoms with E-state index in [0.717, 1.165) is 37.4 Å². The molecule has 0 aromatic carbocycles. The van der Waals surface area contributed by atoms with E-state index in [0.29, 0.717) is 12.6 Å². The van der Waals surface area contributed by atoms with Crippen LogP contribution in [-0.4, -0.2) is 46.0 Å². The summed E-state index contributed by atoms with van der Waals surface area (Å²) in [6, 6.07) is 0.622. The first-order valence-electron chi connectivity index (χ1n) is 7.22. The summed E-state index contributed by atoms with van der Waals surface area (Å²) < 4.78 is 1.92. The quantitative estimate of drug-likeness (QED) is 0.819. The van der Waals surface area contributed by atoms with Crippen LogP contribution in [0.1, 0.15) is 36.9 Å². The molecule has 2 N–H and O–H groups in total. The van der Waals surface area contributed by atoms with Gasteiger partial charge in [0, 0.05) is 38.9 Å². The monoisotopic (exact) mass is 266 g/mol. The Morgan fingerprint density at radius 2 is 2.26 bits per heavy atom. The molecule has 1 fully saturated rings. The van der Waals surface area contributed by atoms with E-state index in [2.05, 4.69) is 22.2 Å². The zero-order chi connectivity index (χ0) is 13.8. The minimum Gasteiger partial charge on any atom is -0.396 e. The molecule has 5 nitrogen and oxygen atoms in total. The first kappa shape index (κ1) is 14.3. The summed E-state index contributed by atoms with van der Waals surface area (Å²) in [7, 11) is 3.93. The molecule has 1 aromatic rings. The van der Waals surface area contributed by atoms with Crippen molar-refractivity contribution in [2.45, 2.75) is 45.2 Å². The zero-order valence-corrected chi connectivity index (χ0v) is 12.3. The number of aromatic nitrogens is 2. The predicted octanol–water partition coefficient (Wildman–Crippen LogP) is 1.51. The molecule has 2 heterocycles. The molecule has 2 rings (SSSR count). The standard InChI is InChI=1S/C14H26N4O/c1-11-13(14(15-2)17(3)16-11)10-18-8-4-6-12(18)7-5-9-19/h12,15,19H,4-10H2,1-3H3. The van der Waals surface area contributed by atoms with E-state index in [1.54, 1.807) is 0 Å². The molecule has 19 heavy (non-hydrogen) atoms. The van der Waals surface area contributed by atoms with E-state index in [4.69, 9.17) is 5.11 Å². The molecule has 1 aliphatic rings. The first-order valence-corrected chi connectivity index (χ1v) is 7.22. The van der Waals surface area contributed by atoms with Crippen molar-refractivity contribution >= 4 is 5.82 Å². The molecular formula is C14H26N4O. The second-order valence-electron chi connectivity index (χ2n) is 5.42. The summed E-state index contributed by atoms with van der Waals surface area (Å²) in [6.45, 7) is 4.51. The highest BCUT2D eigenvalue weighted by atomic mass is 16.2. The number of hydrogen-bond acceptors (Lipinski definition) is 4. The average molecular weight is 266 g/mol. The molecule has 0 radical (unpaired) electrons. The van der Waals surface area contributed by atoms with Crippen molar-refractivity contribution in [1.29, 1.82) is 0 Å². The molecule has 0 saturated carbocycles. The molecule has 0 bridgehead atoms. The number of aliphatic hydroxyl groups excluding tert-OH is 1. The Labute approximate surface area is 115 Å². The van der Waals surface area contributed by atoms with Gasteiger partial charge in [0.25, 0.3) is 0 Å². The second-order valence-corrected chi connectivity index (χ2v) is 5.42. The minimum atomic E-state index is 0.304. The maximum absolute atomic E-state index is 8.99. The Kier molecular flexibility index (Phi) is 4.82. The van der Waals surface area contributed by atoms with Gasteiger partial charge in [0.2, 0.25) is 0 Å². The summed E-state index contributed by atoms with van der Waals surface area (Å²) in [5.74, 6) is 1.12. The third-order valence-corrected chi connectivity index (χ3v) is 4.14. The lowest BCUT2D eigenvalue weighted by atomic mass is 10.1. The number of nitrogens with zero attached hydrogens (tertiary/aromatic N) is 3. The van der Waals surface area contributed by atoms with E-state index in [1.807, 2.05) is 18.8 Å². The molecule has 0 aliphatic carbocycles. The SMILES string of the molecule is CNc1c(CN2CCCC2CCCO)c(C)nn1C. The van der Waals surface area contributed by atoms with Crippen molar-refractivity contribution in [3.63, 3.8) is 0 Å². The number of likely N-dealkylation sites (tertiary alicyclic amines) is 1. The van der Waals surface area contributed by atoms with Crippen LogP contribution in [0.4, 0.5) is 5.82 Å². The Bertz CT molecular complexity index is 416. The fourth-order valence-corrected chi connectivity index (χ4v) is 3.16. The van der Waals surface area contributed by atoms with Crippen molar-refractivity contribution in [3.05, 3.63) is 11.3 Å². The highest BCUT2D eigenvalue weighted by Crippen LogP contribution is 2.27. The lowest BCUT2D eigenvalue weighted by Crippen LogP contribution is -2.29. The molecule has 0 spiro atoms. The van der Waals surface area contributed by atoms with Crippen LogP contribution in [-0.2, 0) is 13.6 Å². The van der Waals surface area contributed by atoms with Crippen LogP contribution in [0.25, 0.3) is 0 Å². The predicted molar refractivity (Wildman–Crippen MR) is 77.2 cm³/mol. The number of aliphatic hydroxyl groups is 1. The van der Waals surface area contributed by atoms with Gasteiger partial charge in [0.15, 0.2) is 0 Å².